The molecule has 0 bridgehead atoms. The fraction of sp³-hybridized carbons (Fsp3) is 0.538. The van der Waals surface area contributed by atoms with Gasteiger partial charge in [-0.2, -0.15) is 0 Å². The molecular formula is C13H17F3N2O. The van der Waals surface area contributed by atoms with Gasteiger partial charge in [-0.05, 0) is 42.4 Å². The van der Waals surface area contributed by atoms with Gasteiger partial charge in [-0.15, -0.1) is 13.2 Å². The molecule has 0 aromatic heterocycles. The van der Waals surface area contributed by atoms with Crippen molar-refractivity contribution in [3.8, 4) is 5.75 Å². The number of hydrazine groups is 1. The molecule has 3 atom stereocenters. The highest BCUT2D eigenvalue weighted by Gasteiger charge is 2.38. The average Bonchev–Trinajstić information content (AvgIpc) is 3.03. The maximum Gasteiger partial charge on any atom is 0.573 e. The molecule has 0 spiro atoms. The molecule has 0 heterocycles. The van der Waals surface area contributed by atoms with E-state index in [1.165, 1.54) is 12.1 Å². The molecule has 3 N–H and O–H groups in total. The molecule has 0 amide bonds. The first-order chi connectivity index (χ1) is 8.89. The van der Waals surface area contributed by atoms with E-state index in [1.807, 2.05) is 0 Å². The predicted octanol–water partition coefficient (Wildman–Crippen LogP) is 2.62. The third-order valence-corrected chi connectivity index (χ3v) is 3.52. The van der Waals surface area contributed by atoms with Crippen LogP contribution in [0.4, 0.5) is 13.2 Å². The van der Waals surface area contributed by atoms with Gasteiger partial charge in [0.15, 0.2) is 0 Å². The van der Waals surface area contributed by atoms with E-state index >= 15 is 0 Å². The smallest absolute Gasteiger partial charge is 0.406 e. The van der Waals surface area contributed by atoms with Crippen molar-refractivity contribution < 1.29 is 17.9 Å². The van der Waals surface area contributed by atoms with E-state index in [2.05, 4.69) is 17.1 Å². The van der Waals surface area contributed by atoms with Gasteiger partial charge in [0.2, 0.25) is 0 Å². The molecule has 1 saturated carbocycles. The minimum atomic E-state index is -4.65. The Morgan fingerprint density at radius 2 is 1.95 bits per heavy atom. The Labute approximate surface area is 109 Å². The first-order valence-corrected chi connectivity index (χ1v) is 6.20. The van der Waals surface area contributed by atoms with Gasteiger partial charge in [-0.1, -0.05) is 19.1 Å². The number of halogens is 3. The number of nitrogens with two attached hydrogens (primary N) is 1. The summed E-state index contributed by atoms with van der Waals surface area (Å²) in [6.45, 7) is 2.16. The zero-order chi connectivity index (χ0) is 14.0. The van der Waals surface area contributed by atoms with Gasteiger partial charge >= 0.3 is 6.36 Å². The Kier molecular flexibility index (Phi) is 4.01. The summed E-state index contributed by atoms with van der Waals surface area (Å²) in [4.78, 5) is 0. The monoisotopic (exact) mass is 274 g/mol. The van der Waals surface area contributed by atoms with Crippen LogP contribution in [0, 0.1) is 11.8 Å². The minimum Gasteiger partial charge on any atom is -0.406 e. The van der Waals surface area contributed by atoms with E-state index in [0.29, 0.717) is 18.3 Å². The summed E-state index contributed by atoms with van der Waals surface area (Å²) in [5.74, 6) is 6.53. The summed E-state index contributed by atoms with van der Waals surface area (Å²) in [5.41, 5.74) is 3.73. The summed E-state index contributed by atoms with van der Waals surface area (Å²) in [6, 6.07) is 6.10. The van der Waals surface area contributed by atoms with Crippen molar-refractivity contribution in [2.24, 2.45) is 17.7 Å². The van der Waals surface area contributed by atoms with E-state index in [9.17, 15) is 13.2 Å². The van der Waals surface area contributed by atoms with Crippen molar-refractivity contribution in [1.82, 2.24) is 5.43 Å². The van der Waals surface area contributed by atoms with Gasteiger partial charge in [0, 0.05) is 6.04 Å². The van der Waals surface area contributed by atoms with Crippen molar-refractivity contribution in [3.63, 3.8) is 0 Å². The van der Waals surface area contributed by atoms with Crippen molar-refractivity contribution in [3.05, 3.63) is 29.8 Å². The normalized spacial score (nSPS) is 24.1. The summed E-state index contributed by atoms with van der Waals surface area (Å²) >= 11 is 0. The van der Waals surface area contributed by atoms with Crippen molar-refractivity contribution in [2.45, 2.75) is 32.2 Å². The topological polar surface area (TPSA) is 47.3 Å². The second kappa shape index (κ2) is 5.38. The molecule has 1 aromatic carbocycles. The van der Waals surface area contributed by atoms with Crippen molar-refractivity contribution >= 4 is 0 Å². The third-order valence-electron chi connectivity index (χ3n) is 3.52. The summed E-state index contributed by atoms with van der Waals surface area (Å²) in [5, 5.41) is 0. The molecule has 1 aliphatic carbocycles. The van der Waals surface area contributed by atoms with Crippen molar-refractivity contribution in [2.75, 3.05) is 0 Å². The van der Waals surface area contributed by atoms with E-state index in [0.717, 1.165) is 12.0 Å². The lowest BCUT2D eigenvalue weighted by molar-refractivity contribution is -0.274. The molecule has 106 valence electrons. The molecule has 1 aromatic rings. The van der Waals surface area contributed by atoms with Gasteiger partial charge in [0.05, 0.1) is 0 Å². The van der Waals surface area contributed by atoms with Gasteiger partial charge in [-0.3, -0.25) is 11.3 Å². The fourth-order valence-corrected chi connectivity index (χ4v) is 2.33. The summed E-state index contributed by atoms with van der Waals surface area (Å²) < 4.78 is 39.9. The molecule has 3 nitrogen and oxygen atoms in total. The summed E-state index contributed by atoms with van der Waals surface area (Å²) in [7, 11) is 0. The van der Waals surface area contributed by atoms with Crippen molar-refractivity contribution in [1.29, 1.82) is 0 Å². The standard InChI is InChI=1S/C13H17F3N2O/c1-8-6-11(8)12(18-17)7-9-2-4-10(5-3-9)19-13(14,15)16/h2-5,8,11-12,18H,6-7,17H2,1H3. The Bertz CT molecular complexity index is 419. The van der Waals surface area contributed by atoms with E-state index in [4.69, 9.17) is 5.84 Å². The van der Waals surface area contributed by atoms with Crippen LogP contribution in [0.15, 0.2) is 24.3 Å². The third kappa shape index (κ3) is 4.11. The molecule has 0 aliphatic heterocycles. The van der Waals surface area contributed by atoms with E-state index < -0.39 is 6.36 Å². The van der Waals surface area contributed by atoms with Crippen LogP contribution in [-0.4, -0.2) is 12.4 Å². The molecule has 0 radical (unpaired) electrons. The lowest BCUT2D eigenvalue weighted by atomic mass is 10.0. The van der Waals surface area contributed by atoms with E-state index in [-0.39, 0.29) is 11.8 Å². The number of rotatable bonds is 5. The van der Waals surface area contributed by atoms with Crippen LogP contribution in [0.5, 0.6) is 5.75 Å². The molecule has 3 unspecified atom stereocenters. The van der Waals surface area contributed by atoms with Gasteiger partial charge in [0.25, 0.3) is 0 Å². The van der Waals surface area contributed by atoms with Crippen LogP contribution in [0.1, 0.15) is 18.9 Å². The largest absolute Gasteiger partial charge is 0.573 e. The minimum absolute atomic E-state index is 0.171. The second-order valence-electron chi connectivity index (χ2n) is 5.05. The number of benzene rings is 1. The quantitative estimate of drug-likeness (QED) is 0.641. The molecule has 19 heavy (non-hydrogen) atoms. The number of hydrogen-bond acceptors (Lipinski definition) is 3. The Morgan fingerprint density at radius 3 is 2.37 bits per heavy atom. The Morgan fingerprint density at radius 1 is 1.37 bits per heavy atom. The highest BCUT2D eigenvalue weighted by Crippen LogP contribution is 2.41. The Hall–Kier alpha value is -1.27. The highest BCUT2D eigenvalue weighted by molar-refractivity contribution is 5.28. The number of alkyl halides is 3. The number of ether oxygens (including phenoxy) is 1. The van der Waals surface area contributed by atoms with Crippen LogP contribution in [0.25, 0.3) is 0 Å². The Balaban J connectivity index is 1.94. The second-order valence-corrected chi connectivity index (χ2v) is 5.05. The molecule has 0 saturated heterocycles. The van der Waals surface area contributed by atoms with Gasteiger partial charge < -0.3 is 4.74 Å². The molecular weight excluding hydrogens is 257 g/mol. The predicted molar refractivity (Wildman–Crippen MR) is 65.2 cm³/mol. The van der Waals surface area contributed by atoms with Crippen LogP contribution < -0.4 is 16.0 Å². The zero-order valence-electron chi connectivity index (χ0n) is 10.6. The number of hydrogen-bond donors (Lipinski definition) is 2. The highest BCUT2D eigenvalue weighted by atomic mass is 19.4. The van der Waals surface area contributed by atoms with Crippen LogP contribution in [0.3, 0.4) is 0 Å². The maximum atomic E-state index is 12.0. The summed E-state index contributed by atoms with van der Waals surface area (Å²) in [6.07, 6.45) is -2.80. The van der Waals surface area contributed by atoms with Gasteiger partial charge in [0.1, 0.15) is 5.75 Å². The SMILES string of the molecule is CC1CC1C(Cc1ccc(OC(F)(F)F)cc1)NN. The zero-order valence-corrected chi connectivity index (χ0v) is 10.6. The van der Waals surface area contributed by atoms with Crippen LogP contribution >= 0.6 is 0 Å². The molecule has 2 rings (SSSR count). The first kappa shape index (κ1) is 14.1. The lowest BCUT2D eigenvalue weighted by Crippen LogP contribution is -2.38. The molecule has 1 fully saturated rings. The average molecular weight is 274 g/mol. The fourth-order valence-electron chi connectivity index (χ4n) is 2.33. The van der Waals surface area contributed by atoms with Crippen LogP contribution in [0.2, 0.25) is 0 Å². The lowest BCUT2D eigenvalue weighted by Gasteiger charge is -2.16. The van der Waals surface area contributed by atoms with Gasteiger partial charge in [-0.25, -0.2) is 0 Å². The van der Waals surface area contributed by atoms with E-state index in [1.54, 1.807) is 12.1 Å². The molecule has 6 heteroatoms. The first-order valence-electron chi connectivity index (χ1n) is 6.20. The molecule has 1 aliphatic rings. The van der Waals surface area contributed by atoms with Crippen LogP contribution in [-0.2, 0) is 6.42 Å². The number of nitrogens with one attached hydrogen (secondary N) is 1. The maximum absolute atomic E-state index is 12.0.